The second-order valence-corrected chi connectivity index (χ2v) is 6.98. The second kappa shape index (κ2) is 6.66. The zero-order valence-corrected chi connectivity index (χ0v) is 14.6. The first-order valence-electron chi connectivity index (χ1n) is 6.88. The van der Waals surface area contributed by atoms with E-state index in [9.17, 15) is 0 Å². The molecule has 0 saturated heterocycles. The summed E-state index contributed by atoms with van der Waals surface area (Å²) < 4.78 is 6.28. The molecular formula is C15H15BrN4OS. The number of halogens is 1. The lowest BCUT2D eigenvalue weighted by atomic mass is 10.2. The molecule has 3 rings (SSSR count). The smallest absolute Gasteiger partial charge is 0.237 e. The molecule has 0 atom stereocenters. The zero-order chi connectivity index (χ0) is 15.5. The van der Waals surface area contributed by atoms with Crippen LogP contribution in [0.15, 0.2) is 44.6 Å². The Balaban J connectivity index is 1.65. The molecule has 7 heteroatoms. The van der Waals surface area contributed by atoms with Gasteiger partial charge in [-0.15, -0.1) is 0 Å². The van der Waals surface area contributed by atoms with Gasteiger partial charge in [0.25, 0.3) is 0 Å². The fraction of sp³-hybridized carbons (Fsp3) is 0.267. The largest absolute Gasteiger partial charge is 0.338 e. The number of hydrogen-bond acceptors (Lipinski definition) is 5. The Labute approximate surface area is 141 Å². The summed E-state index contributed by atoms with van der Waals surface area (Å²) in [4.78, 5) is 12.0. The Morgan fingerprint density at radius 1 is 1.27 bits per heavy atom. The van der Waals surface area contributed by atoms with Gasteiger partial charge in [0.05, 0.1) is 17.6 Å². The molecule has 0 fully saturated rings. The lowest BCUT2D eigenvalue weighted by molar-refractivity contribution is 0.383. The standard InChI is InChI=1S/C15H15BrN4OS/c1-9(2)14-19-13(21-20-14)8-22-15-17-7-12(18-15)10-3-5-11(16)6-4-10/h3-7,9H,8H2,1-2H3,(H,17,18). The molecule has 0 saturated carbocycles. The summed E-state index contributed by atoms with van der Waals surface area (Å²) in [6.45, 7) is 4.08. The fourth-order valence-electron chi connectivity index (χ4n) is 1.84. The van der Waals surface area contributed by atoms with Crippen LogP contribution in [0.3, 0.4) is 0 Å². The normalized spacial score (nSPS) is 11.3. The van der Waals surface area contributed by atoms with Crippen LogP contribution in [0, 0.1) is 0 Å². The van der Waals surface area contributed by atoms with Crippen LogP contribution in [0.2, 0.25) is 0 Å². The summed E-state index contributed by atoms with van der Waals surface area (Å²) in [5, 5.41) is 4.79. The maximum atomic E-state index is 5.22. The summed E-state index contributed by atoms with van der Waals surface area (Å²) in [5.41, 5.74) is 2.09. The molecule has 0 aliphatic heterocycles. The summed E-state index contributed by atoms with van der Waals surface area (Å²) in [6.07, 6.45) is 1.83. The Kier molecular flexibility index (Phi) is 4.63. The number of nitrogens with one attached hydrogen (secondary N) is 1. The van der Waals surface area contributed by atoms with Crippen molar-refractivity contribution < 1.29 is 4.52 Å². The van der Waals surface area contributed by atoms with Crippen LogP contribution in [-0.2, 0) is 5.75 Å². The van der Waals surface area contributed by atoms with E-state index in [1.54, 1.807) is 11.8 Å². The van der Waals surface area contributed by atoms with Gasteiger partial charge in [0.2, 0.25) is 5.89 Å². The van der Waals surface area contributed by atoms with Gasteiger partial charge in [-0.2, -0.15) is 4.98 Å². The SMILES string of the molecule is CC(C)c1noc(CSc2ncc(-c3ccc(Br)cc3)[nH]2)n1. The molecule has 0 amide bonds. The highest BCUT2D eigenvalue weighted by atomic mass is 79.9. The molecule has 0 aliphatic rings. The number of aromatic nitrogens is 4. The third-order valence-electron chi connectivity index (χ3n) is 3.04. The van der Waals surface area contributed by atoms with Crippen LogP contribution in [0.4, 0.5) is 0 Å². The average molecular weight is 379 g/mol. The minimum Gasteiger partial charge on any atom is -0.338 e. The molecule has 2 heterocycles. The van der Waals surface area contributed by atoms with Gasteiger partial charge in [-0.3, -0.25) is 0 Å². The maximum Gasteiger partial charge on any atom is 0.237 e. The summed E-state index contributed by atoms with van der Waals surface area (Å²) >= 11 is 4.98. The van der Waals surface area contributed by atoms with E-state index in [2.05, 4.69) is 36.0 Å². The molecule has 0 spiro atoms. The third kappa shape index (κ3) is 3.59. The van der Waals surface area contributed by atoms with Crippen molar-refractivity contribution in [3.63, 3.8) is 0 Å². The van der Waals surface area contributed by atoms with Crippen molar-refractivity contribution in [1.29, 1.82) is 0 Å². The van der Waals surface area contributed by atoms with Crippen molar-refractivity contribution in [1.82, 2.24) is 20.1 Å². The highest BCUT2D eigenvalue weighted by molar-refractivity contribution is 9.10. The highest BCUT2D eigenvalue weighted by Crippen LogP contribution is 2.25. The van der Waals surface area contributed by atoms with Crippen LogP contribution < -0.4 is 0 Å². The number of hydrogen-bond donors (Lipinski definition) is 1. The van der Waals surface area contributed by atoms with E-state index >= 15 is 0 Å². The molecule has 22 heavy (non-hydrogen) atoms. The van der Waals surface area contributed by atoms with Crippen LogP contribution in [0.1, 0.15) is 31.5 Å². The van der Waals surface area contributed by atoms with Crippen LogP contribution >= 0.6 is 27.7 Å². The van der Waals surface area contributed by atoms with Gasteiger partial charge in [-0.05, 0) is 17.7 Å². The number of nitrogens with zero attached hydrogens (tertiary/aromatic N) is 3. The van der Waals surface area contributed by atoms with Crippen molar-refractivity contribution >= 4 is 27.7 Å². The van der Waals surface area contributed by atoms with Gasteiger partial charge >= 0.3 is 0 Å². The monoisotopic (exact) mass is 378 g/mol. The van der Waals surface area contributed by atoms with Crippen LogP contribution in [-0.4, -0.2) is 20.1 Å². The van der Waals surface area contributed by atoms with E-state index in [0.717, 1.165) is 26.7 Å². The summed E-state index contributed by atoms with van der Waals surface area (Å²) in [7, 11) is 0. The van der Waals surface area contributed by atoms with E-state index in [1.807, 2.05) is 44.3 Å². The molecule has 0 radical (unpaired) electrons. The maximum absolute atomic E-state index is 5.22. The van der Waals surface area contributed by atoms with Crippen molar-refractivity contribution in [2.24, 2.45) is 0 Å². The number of benzene rings is 1. The van der Waals surface area contributed by atoms with Crippen molar-refractivity contribution in [2.45, 2.75) is 30.7 Å². The molecule has 1 N–H and O–H groups in total. The first-order chi connectivity index (χ1) is 10.6. The van der Waals surface area contributed by atoms with Gasteiger partial charge in [0.15, 0.2) is 11.0 Å². The van der Waals surface area contributed by atoms with Gasteiger partial charge in [0.1, 0.15) is 0 Å². The van der Waals surface area contributed by atoms with Crippen LogP contribution in [0.25, 0.3) is 11.3 Å². The molecule has 1 aromatic carbocycles. The first-order valence-corrected chi connectivity index (χ1v) is 8.66. The molecule has 0 aliphatic carbocycles. The summed E-state index contributed by atoms with van der Waals surface area (Å²) in [5.74, 6) is 2.24. The molecule has 114 valence electrons. The molecular weight excluding hydrogens is 364 g/mol. The van der Waals surface area contributed by atoms with Gasteiger partial charge in [0, 0.05) is 10.4 Å². The fourth-order valence-corrected chi connectivity index (χ4v) is 2.79. The Morgan fingerprint density at radius 3 is 2.73 bits per heavy atom. The molecule has 5 nitrogen and oxygen atoms in total. The van der Waals surface area contributed by atoms with E-state index in [-0.39, 0.29) is 5.92 Å². The Bertz CT molecular complexity index is 751. The Hall–Kier alpha value is -1.60. The van der Waals surface area contributed by atoms with Gasteiger partial charge in [-0.25, -0.2) is 4.98 Å². The topological polar surface area (TPSA) is 67.6 Å². The number of imidazole rings is 1. The quantitative estimate of drug-likeness (QED) is 0.655. The highest BCUT2D eigenvalue weighted by Gasteiger charge is 2.11. The first kappa shape index (κ1) is 15.3. The number of H-pyrrole nitrogens is 1. The van der Waals surface area contributed by atoms with E-state index in [0.29, 0.717) is 11.6 Å². The zero-order valence-electron chi connectivity index (χ0n) is 12.2. The predicted octanol–water partition coefficient (Wildman–Crippen LogP) is 4.64. The van der Waals surface area contributed by atoms with Crippen molar-refractivity contribution in [2.75, 3.05) is 0 Å². The third-order valence-corrected chi connectivity index (χ3v) is 4.44. The molecule has 2 aromatic heterocycles. The number of rotatable bonds is 5. The number of aromatic amines is 1. The van der Waals surface area contributed by atoms with E-state index in [1.165, 1.54) is 0 Å². The minimum atomic E-state index is 0.273. The summed E-state index contributed by atoms with van der Waals surface area (Å²) in [6, 6.07) is 8.10. The molecule has 0 unspecified atom stereocenters. The molecule has 3 aromatic rings. The predicted molar refractivity (Wildman–Crippen MR) is 89.7 cm³/mol. The van der Waals surface area contributed by atoms with Crippen molar-refractivity contribution in [3.8, 4) is 11.3 Å². The Morgan fingerprint density at radius 2 is 2.05 bits per heavy atom. The lowest BCUT2D eigenvalue weighted by Crippen LogP contribution is -1.90. The van der Waals surface area contributed by atoms with E-state index in [4.69, 9.17) is 4.52 Å². The lowest BCUT2D eigenvalue weighted by Gasteiger charge is -1.97. The number of thioether (sulfide) groups is 1. The second-order valence-electron chi connectivity index (χ2n) is 5.10. The minimum absolute atomic E-state index is 0.273. The average Bonchev–Trinajstić information content (AvgIpc) is 3.15. The van der Waals surface area contributed by atoms with Crippen LogP contribution in [0.5, 0.6) is 0 Å². The molecule has 0 bridgehead atoms. The van der Waals surface area contributed by atoms with Crippen molar-refractivity contribution in [3.05, 3.63) is 46.7 Å². The van der Waals surface area contributed by atoms with Gasteiger partial charge < -0.3 is 9.51 Å². The van der Waals surface area contributed by atoms with E-state index < -0.39 is 0 Å². The van der Waals surface area contributed by atoms with Gasteiger partial charge in [-0.1, -0.05) is 58.8 Å².